The lowest BCUT2D eigenvalue weighted by Crippen LogP contribution is -2.25. The van der Waals surface area contributed by atoms with Crippen molar-refractivity contribution >= 4 is 34.3 Å². The fourth-order valence-electron chi connectivity index (χ4n) is 3.93. The Morgan fingerprint density at radius 3 is 2.69 bits per heavy atom. The van der Waals surface area contributed by atoms with E-state index in [1.165, 1.54) is 11.3 Å². The largest absolute Gasteiger partial charge is 0.482 e. The third-order valence-corrected chi connectivity index (χ3v) is 6.92. The minimum atomic E-state index is -0.201. The number of hydrogen-bond donors (Lipinski definition) is 1. The number of para-hydroxylation sites is 1. The Bertz CT molecular complexity index is 1620. The molecule has 36 heavy (non-hydrogen) atoms. The van der Waals surface area contributed by atoms with Gasteiger partial charge in [-0.3, -0.25) is 14.3 Å². The summed E-state index contributed by atoms with van der Waals surface area (Å²) in [5.74, 6) is 0.433. The molecule has 0 atom stereocenters. The average Bonchev–Trinajstić information content (AvgIpc) is 3.37. The molecule has 1 amide bonds. The van der Waals surface area contributed by atoms with E-state index in [0.717, 1.165) is 34.8 Å². The molecule has 0 radical (unpaired) electrons. The van der Waals surface area contributed by atoms with E-state index in [1.54, 1.807) is 9.36 Å². The van der Waals surface area contributed by atoms with Crippen LogP contribution in [0.15, 0.2) is 68.8 Å². The highest BCUT2D eigenvalue weighted by Crippen LogP contribution is 2.33. The molecule has 184 valence electrons. The van der Waals surface area contributed by atoms with Crippen LogP contribution in [-0.2, 0) is 11.8 Å². The van der Waals surface area contributed by atoms with Crippen molar-refractivity contribution in [1.29, 1.82) is 0 Å². The molecule has 2 aromatic heterocycles. The molecule has 10 heteroatoms. The van der Waals surface area contributed by atoms with Crippen LogP contribution >= 0.6 is 11.3 Å². The Hall–Kier alpha value is -4.18. The van der Waals surface area contributed by atoms with Crippen molar-refractivity contribution in [3.8, 4) is 22.7 Å². The van der Waals surface area contributed by atoms with E-state index in [-0.39, 0.29) is 18.1 Å². The van der Waals surface area contributed by atoms with Gasteiger partial charge >= 0.3 is 0 Å². The summed E-state index contributed by atoms with van der Waals surface area (Å²) < 4.78 is 10.7. The van der Waals surface area contributed by atoms with Crippen LogP contribution in [-0.4, -0.2) is 32.3 Å². The van der Waals surface area contributed by atoms with Crippen molar-refractivity contribution < 1.29 is 9.53 Å². The molecule has 4 aromatic rings. The second kappa shape index (κ2) is 9.46. The number of thiazole rings is 1. The van der Waals surface area contributed by atoms with Crippen LogP contribution in [0.25, 0.3) is 16.9 Å². The van der Waals surface area contributed by atoms with Gasteiger partial charge in [-0.25, -0.2) is 14.4 Å². The van der Waals surface area contributed by atoms with Crippen molar-refractivity contribution in [2.45, 2.75) is 27.2 Å². The fraction of sp³-hybridized carbons (Fsp3) is 0.231. The van der Waals surface area contributed by atoms with Gasteiger partial charge in [0.25, 0.3) is 11.5 Å². The molecule has 0 fully saturated rings. The first-order valence-corrected chi connectivity index (χ1v) is 12.5. The normalized spacial score (nSPS) is 13.9. The van der Waals surface area contributed by atoms with Gasteiger partial charge in [-0.15, -0.1) is 11.3 Å². The molecule has 0 spiro atoms. The molecule has 9 nitrogen and oxygen atoms in total. The Morgan fingerprint density at radius 1 is 1.17 bits per heavy atom. The summed E-state index contributed by atoms with van der Waals surface area (Å²) in [5.41, 5.74) is 4.84. The van der Waals surface area contributed by atoms with Crippen molar-refractivity contribution in [2.75, 3.05) is 11.9 Å². The number of benzene rings is 2. The first-order chi connectivity index (χ1) is 17.4. The smallest absolute Gasteiger partial charge is 0.297 e. The maximum Gasteiger partial charge on any atom is 0.297 e. The van der Waals surface area contributed by atoms with E-state index in [2.05, 4.69) is 5.32 Å². The van der Waals surface area contributed by atoms with Crippen LogP contribution < -0.4 is 20.4 Å². The second-order valence-electron chi connectivity index (χ2n) is 8.47. The molecule has 1 aliphatic heterocycles. The maximum atomic E-state index is 13.4. The van der Waals surface area contributed by atoms with Gasteiger partial charge in [-0.1, -0.05) is 25.1 Å². The van der Waals surface area contributed by atoms with Crippen molar-refractivity contribution in [2.24, 2.45) is 17.1 Å². The molecule has 5 rings (SSSR count). The van der Waals surface area contributed by atoms with Gasteiger partial charge in [0.15, 0.2) is 12.3 Å². The molecule has 2 aromatic carbocycles. The summed E-state index contributed by atoms with van der Waals surface area (Å²) >= 11 is 1.40. The molecule has 0 aliphatic carbocycles. The Labute approximate surface area is 211 Å². The summed E-state index contributed by atoms with van der Waals surface area (Å²) in [5, 5.41) is 9.60. The van der Waals surface area contributed by atoms with Crippen LogP contribution in [0.4, 0.5) is 11.4 Å². The van der Waals surface area contributed by atoms with Gasteiger partial charge < -0.3 is 10.1 Å². The molecule has 0 saturated carbocycles. The summed E-state index contributed by atoms with van der Waals surface area (Å²) in [6.07, 6.45) is 0.765. The SMILES string of the molecule is CCC(C)=Nn1c(-c2ccc3c(c2)NC(=O)CO3)csc1=Nc1c(C)n(C)n(-c2ccccc2)c1=O. The van der Waals surface area contributed by atoms with Crippen LogP contribution in [0.5, 0.6) is 5.75 Å². The topological polar surface area (TPSA) is 94.9 Å². The number of carbonyl (C=O) groups excluding carboxylic acids is 1. The summed E-state index contributed by atoms with van der Waals surface area (Å²) in [6, 6.07) is 15.1. The third kappa shape index (κ3) is 4.20. The Kier molecular flexibility index (Phi) is 6.19. The van der Waals surface area contributed by atoms with Gasteiger partial charge in [-0.2, -0.15) is 5.10 Å². The molecular weight excluding hydrogens is 476 g/mol. The second-order valence-corrected chi connectivity index (χ2v) is 9.31. The lowest BCUT2D eigenvalue weighted by atomic mass is 10.1. The minimum absolute atomic E-state index is 0.00471. The molecule has 0 saturated heterocycles. The van der Waals surface area contributed by atoms with E-state index in [0.29, 0.717) is 21.9 Å². The molecule has 3 heterocycles. The first kappa shape index (κ1) is 23.6. The van der Waals surface area contributed by atoms with Crippen LogP contribution in [0.2, 0.25) is 0 Å². The zero-order valence-corrected chi connectivity index (χ0v) is 21.3. The van der Waals surface area contributed by atoms with E-state index in [1.807, 2.05) is 86.4 Å². The molecule has 0 unspecified atom stereocenters. The lowest BCUT2D eigenvalue weighted by Gasteiger charge is -2.18. The summed E-state index contributed by atoms with van der Waals surface area (Å²) in [6.45, 7) is 5.87. The third-order valence-electron chi connectivity index (χ3n) is 6.11. The number of nitrogens with zero attached hydrogens (tertiary/aromatic N) is 5. The number of carbonyl (C=O) groups is 1. The van der Waals surface area contributed by atoms with Crippen molar-refractivity contribution in [3.05, 3.63) is 74.8 Å². The van der Waals surface area contributed by atoms with Gasteiger partial charge in [0, 0.05) is 23.7 Å². The number of nitrogens with one attached hydrogen (secondary N) is 1. The van der Waals surface area contributed by atoms with Gasteiger partial charge in [0.1, 0.15) is 5.75 Å². The number of amides is 1. The van der Waals surface area contributed by atoms with Crippen molar-refractivity contribution in [3.63, 3.8) is 0 Å². The van der Waals surface area contributed by atoms with Crippen LogP contribution in [0, 0.1) is 6.92 Å². The predicted octanol–water partition coefficient (Wildman–Crippen LogP) is 4.21. The fourth-order valence-corrected chi connectivity index (χ4v) is 4.77. The minimum Gasteiger partial charge on any atom is -0.482 e. The molecule has 1 N–H and O–H groups in total. The van der Waals surface area contributed by atoms with Gasteiger partial charge in [0.2, 0.25) is 4.80 Å². The summed E-state index contributed by atoms with van der Waals surface area (Å²) in [7, 11) is 1.85. The van der Waals surface area contributed by atoms with Crippen molar-refractivity contribution in [1.82, 2.24) is 14.0 Å². The number of aromatic nitrogens is 3. The monoisotopic (exact) mass is 502 g/mol. The Balaban J connectivity index is 1.69. The zero-order valence-electron chi connectivity index (χ0n) is 20.5. The Morgan fingerprint density at radius 2 is 1.94 bits per heavy atom. The first-order valence-electron chi connectivity index (χ1n) is 11.6. The quantitative estimate of drug-likeness (QED) is 0.414. The number of anilines is 1. The average molecular weight is 503 g/mol. The van der Waals surface area contributed by atoms with E-state index < -0.39 is 0 Å². The highest BCUT2D eigenvalue weighted by molar-refractivity contribution is 7.07. The van der Waals surface area contributed by atoms with E-state index >= 15 is 0 Å². The zero-order chi connectivity index (χ0) is 25.4. The van der Waals surface area contributed by atoms with E-state index in [4.69, 9.17) is 14.8 Å². The van der Waals surface area contributed by atoms with E-state index in [9.17, 15) is 9.59 Å². The predicted molar refractivity (Wildman–Crippen MR) is 142 cm³/mol. The maximum absolute atomic E-state index is 13.4. The number of hydrogen-bond acceptors (Lipinski definition) is 6. The van der Waals surface area contributed by atoms with Crippen LogP contribution in [0.3, 0.4) is 0 Å². The van der Waals surface area contributed by atoms with Crippen LogP contribution in [0.1, 0.15) is 26.0 Å². The number of ether oxygens (including phenoxy) is 1. The summed E-state index contributed by atoms with van der Waals surface area (Å²) in [4.78, 5) is 30.6. The molecule has 0 bridgehead atoms. The number of rotatable bonds is 5. The molecular formula is C26H26N6O3S. The highest BCUT2D eigenvalue weighted by Gasteiger charge is 2.19. The van der Waals surface area contributed by atoms with Gasteiger partial charge in [-0.05, 0) is 50.6 Å². The van der Waals surface area contributed by atoms with Gasteiger partial charge in [0.05, 0.1) is 22.8 Å². The number of fused-ring (bicyclic) bond motifs is 1. The lowest BCUT2D eigenvalue weighted by molar-refractivity contribution is -0.118. The highest BCUT2D eigenvalue weighted by atomic mass is 32.1. The molecule has 1 aliphatic rings. The standard InChI is InChI=1S/C26H26N6O3S/c1-5-16(2)29-31-21(18-11-12-22-20(13-18)27-23(33)14-35-22)15-36-26(31)28-24-17(3)30(4)32(25(24)34)19-9-7-6-8-10-19/h6-13,15H,5,14H2,1-4H3,(H,27,33).